The first kappa shape index (κ1) is 13.2. The summed E-state index contributed by atoms with van der Waals surface area (Å²) in [5.74, 6) is 1.37. The first-order valence-electron chi connectivity index (χ1n) is 8.20. The van der Waals surface area contributed by atoms with Gasteiger partial charge in [-0.05, 0) is 36.5 Å². The van der Waals surface area contributed by atoms with Crippen LogP contribution in [0.3, 0.4) is 0 Å². The largest absolute Gasteiger partial charge is 0.370 e. The number of hydrogen-bond donors (Lipinski definition) is 0. The highest BCUT2D eigenvalue weighted by Crippen LogP contribution is 2.44. The van der Waals surface area contributed by atoms with Gasteiger partial charge in [-0.15, -0.1) is 0 Å². The molecule has 3 heteroatoms. The third kappa shape index (κ3) is 2.23. The molecule has 0 atom stereocenters. The van der Waals surface area contributed by atoms with E-state index in [0.29, 0.717) is 23.2 Å². The first-order valence-corrected chi connectivity index (χ1v) is 8.20. The van der Waals surface area contributed by atoms with Crippen LogP contribution in [-0.4, -0.2) is 37.0 Å². The van der Waals surface area contributed by atoms with Gasteiger partial charge in [-0.25, -0.2) is 0 Å². The predicted molar refractivity (Wildman–Crippen MR) is 84.5 cm³/mol. The summed E-state index contributed by atoms with van der Waals surface area (Å²) in [6.45, 7) is 8.69. The van der Waals surface area contributed by atoms with Crippen LogP contribution in [0, 0.1) is 11.3 Å². The third-order valence-corrected chi connectivity index (χ3v) is 5.25. The zero-order valence-corrected chi connectivity index (χ0v) is 13.0. The van der Waals surface area contributed by atoms with Crippen LogP contribution in [0.2, 0.25) is 0 Å². The van der Waals surface area contributed by atoms with Crippen molar-refractivity contribution >= 4 is 11.6 Å². The average molecular weight is 284 g/mol. The maximum absolute atomic E-state index is 12.0. The predicted octanol–water partition coefficient (Wildman–Crippen LogP) is 2.87. The maximum Gasteiger partial charge on any atom is 0.225 e. The Hall–Kier alpha value is -1.51. The van der Waals surface area contributed by atoms with E-state index in [9.17, 15) is 4.79 Å². The summed E-state index contributed by atoms with van der Waals surface area (Å²) in [5.41, 5.74) is 3.16. The van der Waals surface area contributed by atoms with Crippen molar-refractivity contribution in [2.45, 2.75) is 32.6 Å². The van der Waals surface area contributed by atoms with E-state index in [1.165, 1.54) is 11.3 Å². The maximum atomic E-state index is 12.0. The molecule has 3 nitrogen and oxygen atoms in total. The fourth-order valence-electron chi connectivity index (χ4n) is 3.73. The number of anilines is 1. The molecule has 1 spiro atoms. The summed E-state index contributed by atoms with van der Waals surface area (Å²) < 4.78 is 0. The lowest BCUT2D eigenvalue weighted by Gasteiger charge is -2.61. The van der Waals surface area contributed by atoms with Crippen LogP contribution in [0.25, 0.3) is 0 Å². The molecule has 2 saturated heterocycles. The molecule has 1 aromatic rings. The minimum Gasteiger partial charge on any atom is -0.370 e. The van der Waals surface area contributed by atoms with Gasteiger partial charge >= 0.3 is 0 Å². The Bertz CT molecular complexity index is 562. The van der Waals surface area contributed by atoms with E-state index in [4.69, 9.17) is 0 Å². The summed E-state index contributed by atoms with van der Waals surface area (Å²) >= 11 is 0. The molecule has 2 heterocycles. The molecule has 3 fully saturated rings. The summed E-state index contributed by atoms with van der Waals surface area (Å²) in [4.78, 5) is 16.5. The normalized spacial score (nSPS) is 23.2. The van der Waals surface area contributed by atoms with Gasteiger partial charge in [0.05, 0.1) is 0 Å². The SMILES string of the molecule is CC(C)c1cccc(N2CC3(CN(C(=O)C4CC4)C3)C2)c1. The Balaban J connectivity index is 1.35. The molecule has 1 amide bonds. The van der Waals surface area contributed by atoms with Crippen molar-refractivity contribution in [1.29, 1.82) is 0 Å². The number of nitrogens with zero attached hydrogens (tertiary/aromatic N) is 2. The molecule has 0 aromatic heterocycles. The second-order valence-electron chi connectivity index (χ2n) is 7.57. The number of benzene rings is 1. The molecule has 1 aliphatic carbocycles. The number of hydrogen-bond acceptors (Lipinski definition) is 2. The van der Waals surface area contributed by atoms with Crippen LogP contribution in [0.4, 0.5) is 5.69 Å². The monoisotopic (exact) mass is 284 g/mol. The molecule has 21 heavy (non-hydrogen) atoms. The molecule has 3 aliphatic rings. The van der Waals surface area contributed by atoms with Crippen molar-refractivity contribution in [2.24, 2.45) is 11.3 Å². The second-order valence-corrected chi connectivity index (χ2v) is 7.57. The van der Waals surface area contributed by atoms with Gasteiger partial charge in [0.1, 0.15) is 0 Å². The van der Waals surface area contributed by atoms with E-state index in [0.717, 1.165) is 39.0 Å². The van der Waals surface area contributed by atoms with Crippen LogP contribution in [0.1, 0.15) is 38.2 Å². The van der Waals surface area contributed by atoms with E-state index < -0.39 is 0 Å². The third-order valence-electron chi connectivity index (χ3n) is 5.25. The van der Waals surface area contributed by atoms with Crippen molar-refractivity contribution < 1.29 is 4.79 Å². The molecule has 0 radical (unpaired) electrons. The Labute approximate surface area is 126 Å². The molecule has 1 aromatic carbocycles. The number of rotatable bonds is 3. The topological polar surface area (TPSA) is 23.6 Å². The van der Waals surface area contributed by atoms with Gasteiger partial charge in [0.25, 0.3) is 0 Å². The molecule has 0 unspecified atom stereocenters. The smallest absolute Gasteiger partial charge is 0.225 e. The molecular formula is C18H24N2O. The van der Waals surface area contributed by atoms with Gasteiger partial charge in [-0.3, -0.25) is 4.79 Å². The van der Waals surface area contributed by atoms with Crippen molar-refractivity contribution in [1.82, 2.24) is 4.90 Å². The number of amides is 1. The summed E-state index contributed by atoms with van der Waals surface area (Å²) in [5, 5.41) is 0. The van der Waals surface area contributed by atoms with Gasteiger partial charge in [-0.2, -0.15) is 0 Å². The summed E-state index contributed by atoms with van der Waals surface area (Å²) in [6, 6.07) is 8.91. The van der Waals surface area contributed by atoms with Crippen molar-refractivity contribution in [2.75, 3.05) is 31.1 Å². The molecule has 0 N–H and O–H groups in total. The van der Waals surface area contributed by atoms with Crippen LogP contribution in [-0.2, 0) is 4.79 Å². The highest BCUT2D eigenvalue weighted by atomic mass is 16.2. The van der Waals surface area contributed by atoms with Crippen molar-refractivity contribution in [3.8, 4) is 0 Å². The summed E-state index contributed by atoms with van der Waals surface area (Å²) in [6.07, 6.45) is 2.24. The Kier molecular flexibility index (Phi) is 2.82. The summed E-state index contributed by atoms with van der Waals surface area (Å²) in [7, 11) is 0. The molecule has 0 bridgehead atoms. The second kappa shape index (κ2) is 4.49. The highest BCUT2D eigenvalue weighted by Gasteiger charge is 2.54. The van der Waals surface area contributed by atoms with E-state index in [1.54, 1.807) is 0 Å². The quantitative estimate of drug-likeness (QED) is 0.852. The van der Waals surface area contributed by atoms with E-state index in [2.05, 4.69) is 47.9 Å². The van der Waals surface area contributed by atoms with E-state index in [-0.39, 0.29) is 0 Å². The van der Waals surface area contributed by atoms with E-state index >= 15 is 0 Å². The number of likely N-dealkylation sites (tertiary alicyclic amines) is 1. The lowest BCUT2D eigenvalue weighted by molar-refractivity contribution is -0.146. The first-order chi connectivity index (χ1) is 10.1. The van der Waals surface area contributed by atoms with Crippen molar-refractivity contribution in [3.05, 3.63) is 29.8 Å². The van der Waals surface area contributed by atoms with Gasteiger partial charge in [0.2, 0.25) is 5.91 Å². The Morgan fingerprint density at radius 3 is 2.52 bits per heavy atom. The van der Waals surface area contributed by atoms with E-state index in [1.807, 2.05) is 0 Å². The van der Waals surface area contributed by atoms with Gasteiger partial charge in [-0.1, -0.05) is 26.0 Å². The van der Waals surface area contributed by atoms with Crippen molar-refractivity contribution in [3.63, 3.8) is 0 Å². The fraction of sp³-hybridized carbons (Fsp3) is 0.611. The molecular weight excluding hydrogens is 260 g/mol. The Morgan fingerprint density at radius 1 is 1.19 bits per heavy atom. The standard InChI is InChI=1S/C18H24N2O/c1-13(2)15-4-3-5-16(8-15)19-9-18(10-19)11-20(12-18)17(21)14-6-7-14/h3-5,8,13-14H,6-7,9-12H2,1-2H3. The van der Waals surface area contributed by atoms with Gasteiger partial charge < -0.3 is 9.80 Å². The number of carbonyl (C=O) groups is 1. The van der Waals surface area contributed by atoms with Gasteiger partial charge in [0, 0.05) is 43.2 Å². The van der Waals surface area contributed by atoms with Crippen LogP contribution in [0.5, 0.6) is 0 Å². The molecule has 4 rings (SSSR count). The average Bonchev–Trinajstić information content (AvgIpc) is 3.19. The lowest BCUT2D eigenvalue weighted by atomic mass is 9.72. The number of carbonyl (C=O) groups excluding carboxylic acids is 1. The van der Waals surface area contributed by atoms with Crippen LogP contribution < -0.4 is 4.90 Å². The molecule has 1 saturated carbocycles. The fourth-order valence-corrected chi connectivity index (χ4v) is 3.73. The zero-order chi connectivity index (χ0) is 14.6. The minimum atomic E-state index is 0.376. The minimum absolute atomic E-state index is 0.376. The lowest BCUT2D eigenvalue weighted by Crippen LogP contribution is -2.73. The Morgan fingerprint density at radius 2 is 1.90 bits per heavy atom. The molecule has 2 aliphatic heterocycles. The highest BCUT2D eigenvalue weighted by molar-refractivity contribution is 5.82. The zero-order valence-electron chi connectivity index (χ0n) is 13.0. The van der Waals surface area contributed by atoms with Crippen LogP contribution >= 0.6 is 0 Å². The van der Waals surface area contributed by atoms with Gasteiger partial charge in [0.15, 0.2) is 0 Å². The molecule has 112 valence electrons. The van der Waals surface area contributed by atoms with Crippen LogP contribution in [0.15, 0.2) is 24.3 Å².